The van der Waals surface area contributed by atoms with Crippen molar-refractivity contribution in [2.24, 2.45) is 10.2 Å². The van der Waals surface area contributed by atoms with Gasteiger partial charge in [0.15, 0.2) is 17.3 Å². The lowest BCUT2D eigenvalue weighted by Crippen LogP contribution is -2.05. The Labute approximate surface area is 198 Å². The lowest BCUT2D eigenvalue weighted by Gasteiger charge is -2.02. The fourth-order valence-electron chi connectivity index (χ4n) is 3.45. The van der Waals surface area contributed by atoms with Gasteiger partial charge in [-0.1, -0.05) is 0 Å². The Morgan fingerprint density at radius 3 is 2.54 bits per heavy atom. The molecule has 5 rings (SSSR count). The van der Waals surface area contributed by atoms with Gasteiger partial charge in [-0.2, -0.15) is 19.7 Å². The number of anilines is 1. The van der Waals surface area contributed by atoms with E-state index in [-0.39, 0.29) is 23.2 Å². The molecule has 0 unspecified atom stereocenters. The topological polar surface area (TPSA) is 167 Å². The summed E-state index contributed by atoms with van der Waals surface area (Å²) >= 11 is 0. The van der Waals surface area contributed by atoms with E-state index in [9.17, 15) is 10.1 Å². The van der Waals surface area contributed by atoms with E-state index in [1.807, 2.05) is 19.1 Å². The van der Waals surface area contributed by atoms with Crippen molar-refractivity contribution < 1.29 is 4.79 Å². The van der Waals surface area contributed by atoms with Crippen molar-refractivity contribution in [3.05, 3.63) is 59.7 Å². The molecule has 4 aromatic heterocycles. The van der Waals surface area contributed by atoms with E-state index >= 15 is 0 Å². The van der Waals surface area contributed by atoms with Gasteiger partial charge in [-0.25, -0.2) is 15.0 Å². The van der Waals surface area contributed by atoms with Crippen LogP contribution in [0.1, 0.15) is 23.9 Å². The SMILES string of the molecule is CC(=O)Nc1ccc(-c2nc3c(N=Nc4c(C#N)c(C)nn4-c4ncccn4)c(C)[nH]n3n2)cc1. The molecule has 13 heteroatoms. The molecule has 0 radical (unpaired) electrons. The van der Waals surface area contributed by atoms with Gasteiger partial charge in [0.25, 0.3) is 5.95 Å². The predicted octanol–water partition coefficient (Wildman–Crippen LogP) is 3.56. The van der Waals surface area contributed by atoms with Gasteiger partial charge in [0.05, 0.1) is 11.4 Å². The highest BCUT2D eigenvalue weighted by Crippen LogP contribution is 2.30. The van der Waals surface area contributed by atoms with Crippen LogP contribution in [0, 0.1) is 25.2 Å². The van der Waals surface area contributed by atoms with Gasteiger partial charge < -0.3 is 5.32 Å². The number of H-pyrrole nitrogens is 1. The number of benzene rings is 1. The van der Waals surface area contributed by atoms with E-state index in [4.69, 9.17) is 0 Å². The van der Waals surface area contributed by atoms with Gasteiger partial charge in [0, 0.05) is 30.6 Å². The quantitative estimate of drug-likeness (QED) is 0.373. The molecule has 0 saturated carbocycles. The maximum Gasteiger partial charge on any atom is 0.252 e. The number of hydrogen-bond acceptors (Lipinski definition) is 9. The van der Waals surface area contributed by atoms with Crippen LogP contribution >= 0.6 is 0 Å². The Bertz CT molecular complexity index is 1620. The molecule has 172 valence electrons. The first-order valence-corrected chi connectivity index (χ1v) is 10.5. The zero-order valence-corrected chi connectivity index (χ0v) is 18.9. The molecule has 0 saturated heterocycles. The van der Waals surface area contributed by atoms with Crippen LogP contribution in [0.3, 0.4) is 0 Å². The Kier molecular flexibility index (Phi) is 5.30. The van der Waals surface area contributed by atoms with Gasteiger partial charge in [-0.15, -0.1) is 15.3 Å². The van der Waals surface area contributed by atoms with Crippen molar-refractivity contribution in [2.45, 2.75) is 20.8 Å². The van der Waals surface area contributed by atoms with Crippen molar-refractivity contribution in [1.29, 1.82) is 5.26 Å². The standard InChI is InChI=1S/C22H18N12O/c1-12-17(11-23)20(33(30-12)22-24-9-4-10-25-22)29-28-18-13(2)31-34-21(18)27-19(32-34)15-5-7-16(8-6-15)26-14(3)35/h4-10,31H,1-3H3,(H,26,35). The van der Waals surface area contributed by atoms with Crippen molar-refractivity contribution in [3.8, 4) is 23.4 Å². The second kappa shape index (κ2) is 8.60. The van der Waals surface area contributed by atoms with Crippen LogP contribution in [-0.4, -0.2) is 45.5 Å². The lowest BCUT2D eigenvalue weighted by atomic mass is 10.2. The van der Waals surface area contributed by atoms with Crippen molar-refractivity contribution >= 4 is 28.7 Å². The van der Waals surface area contributed by atoms with Crippen LogP contribution < -0.4 is 5.32 Å². The summed E-state index contributed by atoms with van der Waals surface area (Å²) in [5.74, 6) is 0.808. The molecular formula is C22H18N12O. The van der Waals surface area contributed by atoms with Crippen LogP contribution in [0.2, 0.25) is 0 Å². The van der Waals surface area contributed by atoms with Crippen molar-refractivity contribution in [2.75, 3.05) is 5.32 Å². The zero-order chi connectivity index (χ0) is 24.5. The smallest absolute Gasteiger partial charge is 0.252 e. The normalized spacial score (nSPS) is 11.3. The van der Waals surface area contributed by atoms with Gasteiger partial charge in [-0.3, -0.25) is 9.89 Å². The second-order valence-electron chi connectivity index (χ2n) is 7.57. The average molecular weight is 466 g/mol. The van der Waals surface area contributed by atoms with E-state index in [1.165, 1.54) is 16.2 Å². The molecule has 1 amide bonds. The minimum absolute atomic E-state index is 0.147. The lowest BCUT2D eigenvalue weighted by molar-refractivity contribution is -0.114. The van der Waals surface area contributed by atoms with E-state index in [2.05, 4.69) is 51.9 Å². The van der Waals surface area contributed by atoms with Crippen LogP contribution in [0.25, 0.3) is 23.0 Å². The molecule has 1 aromatic carbocycles. The molecule has 5 aromatic rings. The maximum atomic E-state index is 11.2. The summed E-state index contributed by atoms with van der Waals surface area (Å²) in [6, 6.07) is 11.0. The Balaban J connectivity index is 1.53. The van der Waals surface area contributed by atoms with Crippen LogP contribution in [0.5, 0.6) is 0 Å². The van der Waals surface area contributed by atoms with Gasteiger partial charge in [-0.05, 0) is 44.2 Å². The molecule has 2 N–H and O–H groups in total. The number of aromatic amines is 1. The number of nitrogens with zero attached hydrogens (tertiary/aromatic N) is 10. The number of azo groups is 1. The molecule has 35 heavy (non-hydrogen) atoms. The molecule has 0 aliphatic rings. The molecular weight excluding hydrogens is 448 g/mol. The highest BCUT2D eigenvalue weighted by molar-refractivity contribution is 5.88. The monoisotopic (exact) mass is 466 g/mol. The predicted molar refractivity (Wildman–Crippen MR) is 125 cm³/mol. The fourth-order valence-corrected chi connectivity index (χ4v) is 3.45. The first-order chi connectivity index (χ1) is 16.9. The number of aryl methyl sites for hydroxylation is 2. The van der Waals surface area contributed by atoms with Gasteiger partial charge in [0.1, 0.15) is 11.6 Å². The average Bonchev–Trinajstić information content (AvgIpc) is 3.48. The van der Waals surface area contributed by atoms with E-state index in [0.717, 1.165) is 5.56 Å². The highest BCUT2D eigenvalue weighted by atomic mass is 16.1. The number of nitrogens with one attached hydrogen (secondary N) is 2. The van der Waals surface area contributed by atoms with Crippen LogP contribution in [0.15, 0.2) is 53.0 Å². The number of aromatic nitrogens is 8. The molecule has 0 aliphatic heterocycles. The Morgan fingerprint density at radius 1 is 1.11 bits per heavy atom. The van der Waals surface area contributed by atoms with Crippen molar-refractivity contribution in [1.82, 2.24) is 39.6 Å². The third-order valence-electron chi connectivity index (χ3n) is 5.05. The number of hydrogen-bond donors (Lipinski definition) is 2. The van der Waals surface area contributed by atoms with Crippen LogP contribution in [0.4, 0.5) is 17.2 Å². The molecule has 0 atom stereocenters. The van der Waals surface area contributed by atoms with E-state index in [0.29, 0.717) is 34.2 Å². The summed E-state index contributed by atoms with van der Waals surface area (Å²) in [4.78, 5) is 24.2. The van der Waals surface area contributed by atoms with Crippen molar-refractivity contribution in [3.63, 3.8) is 0 Å². The molecule has 0 aliphatic carbocycles. The summed E-state index contributed by atoms with van der Waals surface area (Å²) < 4.78 is 2.89. The number of amides is 1. The molecule has 4 heterocycles. The number of carbonyl (C=O) groups is 1. The number of fused-ring (bicyclic) bond motifs is 1. The molecule has 0 bridgehead atoms. The number of carbonyl (C=O) groups excluding carboxylic acids is 1. The summed E-state index contributed by atoms with van der Waals surface area (Å²) in [6.45, 7) is 4.98. The first kappa shape index (κ1) is 21.6. The Hall–Kier alpha value is -5.25. The van der Waals surface area contributed by atoms with E-state index < -0.39 is 0 Å². The third-order valence-corrected chi connectivity index (χ3v) is 5.05. The molecule has 0 fully saturated rings. The van der Waals surface area contributed by atoms with Gasteiger partial charge >= 0.3 is 0 Å². The fraction of sp³-hybridized carbons (Fsp3) is 0.136. The zero-order valence-electron chi connectivity index (χ0n) is 18.9. The summed E-state index contributed by atoms with van der Waals surface area (Å²) in [7, 11) is 0. The largest absolute Gasteiger partial charge is 0.326 e. The van der Waals surface area contributed by atoms with Crippen LogP contribution in [-0.2, 0) is 4.79 Å². The van der Waals surface area contributed by atoms with Gasteiger partial charge in [0.2, 0.25) is 11.6 Å². The second-order valence-corrected chi connectivity index (χ2v) is 7.57. The molecule has 13 nitrogen and oxygen atoms in total. The Morgan fingerprint density at radius 2 is 1.86 bits per heavy atom. The molecule has 0 spiro atoms. The minimum atomic E-state index is -0.147. The highest BCUT2D eigenvalue weighted by Gasteiger charge is 2.19. The summed E-state index contributed by atoms with van der Waals surface area (Å²) in [5.41, 5.74) is 3.81. The first-order valence-electron chi connectivity index (χ1n) is 10.5. The van der Waals surface area contributed by atoms with E-state index in [1.54, 1.807) is 37.5 Å². The summed E-state index contributed by atoms with van der Waals surface area (Å²) in [6.07, 6.45) is 3.15. The third kappa shape index (κ3) is 4.00. The summed E-state index contributed by atoms with van der Waals surface area (Å²) in [5, 5.41) is 33.0. The maximum absolute atomic E-state index is 11.2. The number of nitriles is 1. The minimum Gasteiger partial charge on any atom is -0.326 e. The number of rotatable bonds is 5.